The van der Waals surface area contributed by atoms with E-state index in [1.807, 2.05) is 30.0 Å². The highest BCUT2D eigenvalue weighted by atomic mass is 16.5. The summed E-state index contributed by atoms with van der Waals surface area (Å²) < 4.78 is 5.41. The van der Waals surface area contributed by atoms with E-state index in [-0.39, 0.29) is 5.91 Å². The van der Waals surface area contributed by atoms with E-state index in [9.17, 15) is 10.1 Å². The standard InChI is InChI=1S/C20H22N4O2/c1-2-26-18-6-3-15(4-7-18)20(25)24-11-9-23(10-12-24)19-8-5-17(22)13-16(19)14-21/h3-8,13H,2,9-12,22H2,1H3. The summed E-state index contributed by atoms with van der Waals surface area (Å²) in [6.45, 7) is 5.12. The Morgan fingerprint density at radius 1 is 1.15 bits per heavy atom. The second-order valence-corrected chi connectivity index (χ2v) is 6.13. The van der Waals surface area contributed by atoms with Crippen molar-refractivity contribution in [1.29, 1.82) is 5.26 Å². The molecule has 0 bridgehead atoms. The smallest absolute Gasteiger partial charge is 0.253 e. The van der Waals surface area contributed by atoms with Crippen molar-refractivity contribution < 1.29 is 9.53 Å². The third-order valence-electron chi connectivity index (χ3n) is 4.46. The second kappa shape index (κ2) is 7.79. The number of nitriles is 1. The maximum absolute atomic E-state index is 12.7. The van der Waals surface area contributed by atoms with Crippen LogP contribution in [0, 0.1) is 11.3 Å². The van der Waals surface area contributed by atoms with Crippen molar-refractivity contribution in [3.8, 4) is 11.8 Å². The summed E-state index contributed by atoms with van der Waals surface area (Å²) >= 11 is 0. The Labute approximate surface area is 153 Å². The molecule has 0 spiro atoms. The molecule has 1 aliphatic rings. The number of carbonyl (C=O) groups is 1. The van der Waals surface area contributed by atoms with Crippen LogP contribution < -0.4 is 15.4 Å². The van der Waals surface area contributed by atoms with E-state index < -0.39 is 0 Å². The van der Waals surface area contributed by atoms with Crippen molar-refractivity contribution >= 4 is 17.3 Å². The van der Waals surface area contributed by atoms with Gasteiger partial charge in [-0.05, 0) is 49.4 Å². The monoisotopic (exact) mass is 350 g/mol. The maximum atomic E-state index is 12.7. The van der Waals surface area contributed by atoms with Crippen molar-refractivity contribution in [1.82, 2.24) is 4.90 Å². The molecule has 6 heteroatoms. The number of ether oxygens (including phenoxy) is 1. The zero-order valence-corrected chi connectivity index (χ0v) is 14.8. The lowest BCUT2D eigenvalue weighted by molar-refractivity contribution is 0.0747. The van der Waals surface area contributed by atoms with E-state index >= 15 is 0 Å². The van der Waals surface area contributed by atoms with Crippen molar-refractivity contribution in [3.05, 3.63) is 53.6 Å². The van der Waals surface area contributed by atoms with Gasteiger partial charge in [0.1, 0.15) is 11.8 Å². The van der Waals surface area contributed by atoms with E-state index in [2.05, 4.69) is 11.0 Å². The third-order valence-corrected chi connectivity index (χ3v) is 4.46. The summed E-state index contributed by atoms with van der Waals surface area (Å²) in [7, 11) is 0. The van der Waals surface area contributed by atoms with E-state index in [1.165, 1.54) is 0 Å². The number of hydrogen-bond acceptors (Lipinski definition) is 5. The Bertz CT molecular complexity index is 819. The van der Waals surface area contributed by atoms with Crippen molar-refractivity contribution in [2.75, 3.05) is 43.4 Å². The fraction of sp³-hybridized carbons (Fsp3) is 0.300. The average Bonchev–Trinajstić information content (AvgIpc) is 2.68. The number of piperazine rings is 1. The Morgan fingerprint density at radius 2 is 1.85 bits per heavy atom. The second-order valence-electron chi connectivity index (χ2n) is 6.13. The lowest BCUT2D eigenvalue weighted by Gasteiger charge is -2.36. The van der Waals surface area contributed by atoms with E-state index in [4.69, 9.17) is 10.5 Å². The summed E-state index contributed by atoms with van der Waals surface area (Å²) in [5.41, 5.74) is 8.43. The largest absolute Gasteiger partial charge is 0.494 e. The molecule has 1 amide bonds. The zero-order valence-electron chi connectivity index (χ0n) is 14.8. The number of nitrogen functional groups attached to an aromatic ring is 1. The van der Waals surface area contributed by atoms with Crippen LogP contribution in [-0.4, -0.2) is 43.6 Å². The number of rotatable bonds is 4. The fourth-order valence-corrected chi connectivity index (χ4v) is 3.11. The molecule has 2 aromatic carbocycles. The molecule has 1 fully saturated rings. The van der Waals surface area contributed by atoms with E-state index in [0.717, 1.165) is 11.4 Å². The summed E-state index contributed by atoms with van der Waals surface area (Å²) in [5, 5.41) is 9.32. The molecule has 0 saturated carbocycles. The molecule has 0 radical (unpaired) electrons. The van der Waals surface area contributed by atoms with Crippen molar-refractivity contribution in [3.63, 3.8) is 0 Å². The number of nitrogens with two attached hydrogens (primary N) is 1. The molecule has 0 atom stereocenters. The van der Waals surface area contributed by atoms with Crippen LogP contribution >= 0.6 is 0 Å². The Kier molecular flexibility index (Phi) is 5.28. The molecule has 26 heavy (non-hydrogen) atoms. The maximum Gasteiger partial charge on any atom is 0.253 e. The third kappa shape index (κ3) is 3.72. The predicted molar refractivity (Wildman–Crippen MR) is 101 cm³/mol. The van der Waals surface area contributed by atoms with Crippen LogP contribution in [0.3, 0.4) is 0 Å². The minimum atomic E-state index is 0.0190. The molecule has 3 rings (SSSR count). The first-order valence-corrected chi connectivity index (χ1v) is 8.69. The van der Waals surface area contributed by atoms with Gasteiger partial charge in [0, 0.05) is 37.4 Å². The number of amides is 1. The van der Waals surface area contributed by atoms with Crippen LogP contribution in [0.25, 0.3) is 0 Å². The highest BCUT2D eigenvalue weighted by molar-refractivity contribution is 5.94. The van der Waals surface area contributed by atoms with Crippen LogP contribution in [0.1, 0.15) is 22.8 Å². The lowest BCUT2D eigenvalue weighted by atomic mass is 10.1. The van der Waals surface area contributed by atoms with Crippen LogP contribution in [0.4, 0.5) is 11.4 Å². The fourth-order valence-electron chi connectivity index (χ4n) is 3.11. The van der Waals surface area contributed by atoms with Gasteiger partial charge in [-0.2, -0.15) is 5.26 Å². The van der Waals surface area contributed by atoms with Gasteiger partial charge in [-0.25, -0.2) is 0 Å². The molecular weight excluding hydrogens is 328 g/mol. The Balaban J connectivity index is 1.65. The average molecular weight is 350 g/mol. The zero-order chi connectivity index (χ0) is 18.5. The summed E-state index contributed by atoms with van der Waals surface area (Å²) in [5.74, 6) is 0.784. The first-order chi connectivity index (χ1) is 12.6. The summed E-state index contributed by atoms with van der Waals surface area (Å²) in [6.07, 6.45) is 0. The molecular formula is C20H22N4O2. The van der Waals surface area contributed by atoms with Crippen LogP contribution in [0.5, 0.6) is 5.75 Å². The van der Waals surface area contributed by atoms with E-state index in [1.54, 1.807) is 24.3 Å². The molecule has 134 valence electrons. The van der Waals surface area contributed by atoms with Crippen LogP contribution in [-0.2, 0) is 0 Å². The molecule has 0 aliphatic carbocycles. The van der Waals surface area contributed by atoms with Gasteiger partial charge in [0.2, 0.25) is 0 Å². The SMILES string of the molecule is CCOc1ccc(C(=O)N2CCN(c3ccc(N)cc3C#N)CC2)cc1. The molecule has 1 saturated heterocycles. The minimum absolute atomic E-state index is 0.0190. The van der Waals surface area contributed by atoms with Crippen molar-refractivity contribution in [2.24, 2.45) is 0 Å². The quantitative estimate of drug-likeness (QED) is 0.857. The molecule has 2 N–H and O–H groups in total. The predicted octanol–water partition coefficient (Wildman–Crippen LogP) is 2.50. The Hall–Kier alpha value is -3.20. The molecule has 0 unspecified atom stereocenters. The molecule has 1 aliphatic heterocycles. The molecule has 6 nitrogen and oxygen atoms in total. The molecule has 0 aromatic heterocycles. The highest BCUT2D eigenvalue weighted by Crippen LogP contribution is 2.24. The summed E-state index contributed by atoms with van der Waals surface area (Å²) in [4.78, 5) is 16.6. The Morgan fingerprint density at radius 3 is 2.46 bits per heavy atom. The van der Waals surface area contributed by atoms with Gasteiger partial charge in [0.05, 0.1) is 17.9 Å². The van der Waals surface area contributed by atoms with Gasteiger partial charge in [0.25, 0.3) is 5.91 Å². The van der Waals surface area contributed by atoms with Gasteiger partial charge < -0.3 is 20.3 Å². The lowest BCUT2D eigenvalue weighted by Crippen LogP contribution is -2.49. The molecule has 2 aromatic rings. The first-order valence-electron chi connectivity index (χ1n) is 8.69. The van der Waals surface area contributed by atoms with Gasteiger partial charge in [-0.1, -0.05) is 0 Å². The van der Waals surface area contributed by atoms with Gasteiger partial charge in [-0.3, -0.25) is 4.79 Å². The van der Waals surface area contributed by atoms with Gasteiger partial charge in [-0.15, -0.1) is 0 Å². The number of benzene rings is 2. The van der Waals surface area contributed by atoms with Crippen LogP contribution in [0.15, 0.2) is 42.5 Å². The van der Waals surface area contributed by atoms with E-state index in [0.29, 0.717) is 49.6 Å². The molecule has 1 heterocycles. The van der Waals surface area contributed by atoms with Gasteiger partial charge in [0.15, 0.2) is 0 Å². The summed E-state index contributed by atoms with van der Waals surface area (Å²) in [6, 6.07) is 14.8. The topological polar surface area (TPSA) is 82.6 Å². The van der Waals surface area contributed by atoms with Gasteiger partial charge >= 0.3 is 0 Å². The minimum Gasteiger partial charge on any atom is -0.494 e. The number of hydrogen-bond donors (Lipinski definition) is 1. The van der Waals surface area contributed by atoms with Crippen molar-refractivity contribution in [2.45, 2.75) is 6.92 Å². The highest BCUT2D eigenvalue weighted by Gasteiger charge is 2.23. The van der Waals surface area contributed by atoms with Crippen LogP contribution in [0.2, 0.25) is 0 Å². The first kappa shape index (κ1) is 17.6. The number of carbonyl (C=O) groups excluding carboxylic acids is 1. The normalized spacial score (nSPS) is 14.0. The number of nitrogens with zero attached hydrogens (tertiary/aromatic N) is 3. The number of anilines is 2.